The van der Waals surface area contributed by atoms with Crippen LogP contribution in [0.2, 0.25) is 4.34 Å². The Morgan fingerprint density at radius 3 is 2.63 bits per heavy atom. The normalized spacial score (nSPS) is 14.7. The van der Waals surface area contributed by atoms with Crippen molar-refractivity contribution >= 4 is 38.7 Å². The molecule has 0 aliphatic heterocycles. The third-order valence-corrected chi connectivity index (χ3v) is 6.75. The quantitative estimate of drug-likeness (QED) is 0.557. The number of carbonyl (C=O) groups excluding carboxylic acids is 1. The van der Waals surface area contributed by atoms with Crippen molar-refractivity contribution < 1.29 is 31.1 Å². The monoisotopic (exact) mass is 482 g/mol. The van der Waals surface area contributed by atoms with E-state index in [-0.39, 0.29) is 29.1 Å². The van der Waals surface area contributed by atoms with Crippen molar-refractivity contribution in [2.75, 3.05) is 13.2 Å². The Balaban J connectivity index is 1.79. The Kier molecular flexibility index (Phi) is 7.05. The fraction of sp³-hybridized carbons (Fsp3) is 0.444. The molecule has 1 fully saturated rings. The van der Waals surface area contributed by atoms with E-state index in [0.29, 0.717) is 27.6 Å². The minimum absolute atomic E-state index is 0.00273. The van der Waals surface area contributed by atoms with E-state index in [4.69, 9.17) is 16.3 Å². The summed E-state index contributed by atoms with van der Waals surface area (Å²) in [5.41, 5.74) is 0.290. The summed E-state index contributed by atoms with van der Waals surface area (Å²) in [5.74, 6) is 0.500. The summed E-state index contributed by atoms with van der Waals surface area (Å²) in [6.45, 7) is -1.25. The molecular formula is C18H18ClF3N2O4S2. The molecule has 1 aromatic carbocycles. The number of aromatic nitrogens is 1. The predicted octanol–water partition coefficient (Wildman–Crippen LogP) is 3.78. The molecule has 3 rings (SSSR count). The zero-order chi connectivity index (χ0) is 21.9. The van der Waals surface area contributed by atoms with Crippen LogP contribution in [0.1, 0.15) is 23.4 Å². The van der Waals surface area contributed by atoms with Gasteiger partial charge < -0.3 is 4.74 Å². The fourth-order valence-electron chi connectivity index (χ4n) is 2.57. The maximum absolute atomic E-state index is 12.5. The molecule has 0 spiro atoms. The lowest BCUT2D eigenvalue weighted by molar-refractivity contribution is -0.121. The van der Waals surface area contributed by atoms with Gasteiger partial charge >= 0.3 is 6.18 Å². The van der Waals surface area contributed by atoms with Crippen LogP contribution >= 0.6 is 22.9 Å². The first kappa shape index (κ1) is 23.0. The van der Waals surface area contributed by atoms with Gasteiger partial charge in [0.15, 0.2) is 0 Å². The molecule has 1 aromatic heterocycles. The van der Waals surface area contributed by atoms with E-state index in [1.807, 2.05) is 0 Å². The van der Waals surface area contributed by atoms with E-state index in [0.717, 1.165) is 30.2 Å². The van der Waals surface area contributed by atoms with Crippen molar-refractivity contribution in [3.05, 3.63) is 39.3 Å². The highest BCUT2D eigenvalue weighted by Crippen LogP contribution is 2.31. The first-order chi connectivity index (χ1) is 14.0. The molecule has 0 bridgehead atoms. The molecule has 0 saturated heterocycles. The molecule has 1 heterocycles. The number of ether oxygens (including phenoxy) is 1. The standard InChI is InChI=1S/C18H18ClF3N2O4S2/c19-16-8-23-17(29-16)7-13(25)5-12-6-14(30(26,27)24-10-18(20,21)22)3-4-15(12)28-9-11-1-2-11/h3-4,6,8,11,24H,1-2,5,7,9-10H2. The number of halogens is 4. The molecule has 1 saturated carbocycles. The first-order valence-corrected chi connectivity index (χ1v) is 11.6. The lowest BCUT2D eigenvalue weighted by Crippen LogP contribution is -2.33. The molecule has 30 heavy (non-hydrogen) atoms. The molecule has 1 aliphatic rings. The number of rotatable bonds is 10. The number of hydrogen-bond donors (Lipinski definition) is 1. The number of carbonyl (C=O) groups is 1. The second kappa shape index (κ2) is 9.21. The lowest BCUT2D eigenvalue weighted by Gasteiger charge is -2.14. The van der Waals surface area contributed by atoms with Gasteiger partial charge in [0.25, 0.3) is 0 Å². The Morgan fingerprint density at radius 1 is 1.30 bits per heavy atom. The van der Waals surface area contributed by atoms with Gasteiger partial charge in [-0.2, -0.15) is 13.2 Å². The van der Waals surface area contributed by atoms with Crippen molar-refractivity contribution in [2.24, 2.45) is 5.92 Å². The maximum Gasteiger partial charge on any atom is 0.402 e. The summed E-state index contributed by atoms with van der Waals surface area (Å²) in [4.78, 5) is 16.1. The van der Waals surface area contributed by atoms with Crippen LogP contribution in [-0.4, -0.2) is 38.5 Å². The average Bonchev–Trinajstić information content (AvgIpc) is 3.39. The van der Waals surface area contributed by atoms with Gasteiger partial charge in [-0.25, -0.2) is 18.1 Å². The zero-order valence-corrected chi connectivity index (χ0v) is 17.9. The van der Waals surface area contributed by atoms with E-state index < -0.39 is 22.7 Å². The Morgan fingerprint density at radius 2 is 2.03 bits per heavy atom. The van der Waals surface area contributed by atoms with Gasteiger partial charge in [0.05, 0.1) is 24.1 Å². The van der Waals surface area contributed by atoms with E-state index in [2.05, 4.69) is 4.98 Å². The molecule has 0 unspecified atom stereocenters. The largest absolute Gasteiger partial charge is 0.493 e. The summed E-state index contributed by atoms with van der Waals surface area (Å²) in [6.07, 6.45) is -1.34. The van der Waals surface area contributed by atoms with Gasteiger partial charge in [0.1, 0.15) is 27.4 Å². The van der Waals surface area contributed by atoms with Crippen molar-refractivity contribution in [2.45, 2.75) is 36.8 Å². The number of nitrogens with one attached hydrogen (secondary N) is 1. The molecule has 6 nitrogen and oxygen atoms in total. The van der Waals surface area contributed by atoms with E-state index in [1.165, 1.54) is 23.1 Å². The number of Topliss-reactive ketones (excluding diaryl/α,β-unsaturated/α-hetero) is 1. The highest BCUT2D eigenvalue weighted by molar-refractivity contribution is 7.89. The van der Waals surface area contributed by atoms with Crippen LogP contribution in [0.15, 0.2) is 29.3 Å². The summed E-state index contributed by atoms with van der Waals surface area (Å²) >= 11 is 6.97. The number of alkyl halides is 3. The van der Waals surface area contributed by atoms with Crippen LogP contribution in [0, 0.1) is 5.92 Å². The van der Waals surface area contributed by atoms with Gasteiger partial charge in [0.2, 0.25) is 10.0 Å². The van der Waals surface area contributed by atoms with Crippen LogP contribution < -0.4 is 9.46 Å². The molecule has 1 aliphatic carbocycles. The van der Waals surface area contributed by atoms with Crippen LogP contribution in [0.3, 0.4) is 0 Å². The third-order valence-electron chi connectivity index (χ3n) is 4.24. The average molecular weight is 483 g/mol. The minimum Gasteiger partial charge on any atom is -0.493 e. The van der Waals surface area contributed by atoms with Gasteiger partial charge in [-0.3, -0.25) is 4.79 Å². The highest BCUT2D eigenvalue weighted by Gasteiger charge is 2.30. The van der Waals surface area contributed by atoms with Crippen LogP contribution in [-0.2, 0) is 27.7 Å². The highest BCUT2D eigenvalue weighted by atomic mass is 35.5. The smallest absolute Gasteiger partial charge is 0.402 e. The van der Waals surface area contributed by atoms with Crippen LogP contribution in [0.5, 0.6) is 5.75 Å². The zero-order valence-electron chi connectivity index (χ0n) is 15.5. The van der Waals surface area contributed by atoms with Crippen LogP contribution in [0.4, 0.5) is 13.2 Å². The van der Waals surface area contributed by atoms with Crippen molar-refractivity contribution in [1.29, 1.82) is 0 Å². The Hall–Kier alpha value is -1.69. The number of ketones is 1. The van der Waals surface area contributed by atoms with Crippen LogP contribution in [0.25, 0.3) is 0 Å². The summed E-state index contributed by atoms with van der Waals surface area (Å²) in [5, 5.41) is 0.515. The molecule has 2 aromatic rings. The van der Waals surface area contributed by atoms with Gasteiger partial charge in [-0.15, -0.1) is 11.3 Å². The van der Waals surface area contributed by atoms with Gasteiger partial charge in [0, 0.05) is 12.0 Å². The molecule has 164 valence electrons. The number of nitrogens with zero attached hydrogens (tertiary/aromatic N) is 1. The molecule has 0 radical (unpaired) electrons. The molecular weight excluding hydrogens is 465 g/mol. The van der Waals surface area contributed by atoms with Crippen molar-refractivity contribution in [1.82, 2.24) is 9.71 Å². The number of sulfonamides is 1. The molecule has 0 amide bonds. The molecule has 0 atom stereocenters. The second-order valence-corrected chi connectivity index (χ2v) is 10.4. The topological polar surface area (TPSA) is 85.4 Å². The van der Waals surface area contributed by atoms with E-state index in [9.17, 15) is 26.4 Å². The predicted molar refractivity (Wildman–Crippen MR) is 105 cm³/mol. The third kappa shape index (κ3) is 6.93. The number of hydrogen-bond acceptors (Lipinski definition) is 6. The second-order valence-electron chi connectivity index (χ2n) is 6.91. The first-order valence-electron chi connectivity index (χ1n) is 8.96. The number of thiazole rings is 1. The lowest BCUT2D eigenvalue weighted by atomic mass is 10.1. The summed E-state index contributed by atoms with van der Waals surface area (Å²) < 4.78 is 69.4. The molecule has 12 heteroatoms. The molecule has 1 N–H and O–H groups in total. The van der Waals surface area contributed by atoms with E-state index >= 15 is 0 Å². The number of benzene rings is 1. The van der Waals surface area contributed by atoms with Gasteiger partial charge in [-0.1, -0.05) is 11.6 Å². The van der Waals surface area contributed by atoms with E-state index in [1.54, 1.807) is 0 Å². The van der Waals surface area contributed by atoms with Gasteiger partial charge in [-0.05, 0) is 37.0 Å². The summed E-state index contributed by atoms with van der Waals surface area (Å²) in [6, 6.07) is 3.70. The van der Waals surface area contributed by atoms with Crippen molar-refractivity contribution in [3.8, 4) is 5.75 Å². The Labute approximate surface area is 180 Å². The Bertz CT molecular complexity index is 1020. The van der Waals surface area contributed by atoms with Crippen molar-refractivity contribution in [3.63, 3.8) is 0 Å². The minimum atomic E-state index is -4.69. The maximum atomic E-state index is 12.5. The fourth-order valence-corrected chi connectivity index (χ4v) is 4.62. The summed E-state index contributed by atoms with van der Waals surface area (Å²) in [7, 11) is -4.41. The SMILES string of the molecule is O=C(Cc1ncc(Cl)s1)Cc1cc(S(=O)(=O)NCC(F)(F)F)ccc1OCC1CC1.